The van der Waals surface area contributed by atoms with Gasteiger partial charge in [0.05, 0.1) is 0 Å². The van der Waals surface area contributed by atoms with Gasteiger partial charge < -0.3 is 0 Å². The molecule has 0 heteroatoms. The summed E-state index contributed by atoms with van der Waals surface area (Å²) in [4.78, 5) is 0. The molecule has 1 aliphatic rings. The minimum atomic E-state index is 0.992. The van der Waals surface area contributed by atoms with E-state index in [9.17, 15) is 0 Å². The fourth-order valence-corrected chi connectivity index (χ4v) is 3.03. The molecule has 0 aromatic carbocycles. The molecule has 0 aromatic heterocycles. The summed E-state index contributed by atoms with van der Waals surface area (Å²) in [5.41, 5.74) is 0. The monoisotopic (exact) mass is 182 g/mol. The zero-order chi connectivity index (χ0) is 9.84. The van der Waals surface area contributed by atoms with Gasteiger partial charge in [-0.2, -0.15) is 0 Å². The number of rotatable bonds is 6. The number of unbranched alkanes of at least 4 members (excludes halogenated alkanes) is 1. The van der Waals surface area contributed by atoms with Gasteiger partial charge >= 0.3 is 0 Å². The van der Waals surface area contributed by atoms with Crippen LogP contribution in [0.1, 0.15) is 59.8 Å². The van der Waals surface area contributed by atoms with Crippen molar-refractivity contribution in [2.75, 3.05) is 0 Å². The molecule has 1 saturated carbocycles. The summed E-state index contributed by atoms with van der Waals surface area (Å²) in [6, 6.07) is 0. The van der Waals surface area contributed by atoms with Crippen LogP contribution in [0.3, 0.4) is 0 Å². The van der Waals surface area contributed by atoms with Crippen molar-refractivity contribution in [3.05, 3.63) is 0 Å². The van der Waals surface area contributed by atoms with E-state index in [0.29, 0.717) is 0 Å². The molecule has 0 bridgehead atoms. The normalized spacial score (nSPS) is 34.6. The highest BCUT2D eigenvalue weighted by atomic mass is 14.5. The van der Waals surface area contributed by atoms with Crippen LogP contribution in [-0.2, 0) is 0 Å². The fraction of sp³-hybridized carbons (Fsp3) is 1.00. The van der Waals surface area contributed by atoms with Gasteiger partial charge in [0.1, 0.15) is 0 Å². The van der Waals surface area contributed by atoms with Gasteiger partial charge in [-0.25, -0.2) is 0 Å². The summed E-state index contributed by atoms with van der Waals surface area (Å²) < 4.78 is 0. The van der Waals surface area contributed by atoms with E-state index in [1.54, 1.807) is 0 Å². The van der Waals surface area contributed by atoms with Crippen molar-refractivity contribution in [3.8, 4) is 0 Å². The summed E-state index contributed by atoms with van der Waals surface area (Å²) in [5.74, 6) is 4.18. The summed E-state index contributed by atoms with van der Waals surface area (Å²) in [6.07, 6.45) is 7.12. The lowest BCUT2D eigenvalue weighted by atomic mass is 9.96. The lowest BCUT2D eigenvalue weighted by molar-refractivity contribution is 0.412. The first-order chi connectivity index (χ1) is 6.22. The Morgan fingerprint density at radius 3 is 2.38 bits per heavy atom. The molecule has 0 saturated heterocycles. The van der Waals surface area contributed by atoms with Crippen molar-refractivity contribution < 1.29 is 0 Å². The maximum absolute atomic E-state index is 2.46. The number of hydrogen-bond donors (Lipinski definition) is 0. The Morgan fingerprint density at radius 2 is 1.85 bits per heavy atom. The standard InChI is InChI=1S/C13H26/c1-5-7-9-10(3)13-11(4)12(13)8-6-2/h10-13H,5-9H2,1-4H3. The van der Waals surface area contributed by atoms with E-state index in [0.717, 1.165) is 23.7 Å². The molecule has 0 radical (unpaired) electrons. The molecule has 13 heavy (non-hydrogen) atoms. The van der Waals surface area contributed by atoms with Gasteiger partial charge in [0.2, 0.25) is 0 Å². The molecule has 4 atom stereocenters. The quantitative estimate of drug-likeness (QED) is 0.567. The van der Waals surface area contributed by atoms with Crippen molar-refractivity contribution in [2.45, 2.75) is 59.8 Å². The van der Waals surface area contributed by atoms with Gasteiger partial charge in [0, 0.05) is 0 Å². The van der Waals surface area contributed by atoms with Crippen LogP contribution in [0.5, 0.6) is 0 Å². The molecule has 0 heterocycles. The Morgan fingerprint density at radius 1 is 1.15 bits per heavy atom. The molecule has 0 spiro atoms. The summed E-state index contributed by atoms with van der Waals surface area (Å²) >= 11 is 0. The van der Waals surface area contributed by atoms with Crippen molar-refractivity contribution in [1.82, 2.24) is 0 Å². The molecule has 78 valence electrons. The SMILES string of the molecule is CCCCC(C)C1C(C)C1CCC. The predicted molar refractivity (Wildman–Crippen MR) is 59.7 cm³/mol. The average molecular weight is 182 g/mol. The average Bonchev–Trinajstić information content (AvgIpc) is 2.74. The van der Waals surface area contributed by atoms with Gasteiger partial charge in [0.15, 0.2) is 0 Å². The molecule has 1 fully saturated rings. The molecule has 1 rings (SSSR count). The van der Waals surface area contributed by atoms with E-state index in [1.165, 1.54) is 32.1 Å². The summed E-state index contributed by atoms with van der Waals surface area (Å²) in [5, 5.41) is 0. The maximum Gasteiger partial charge on any atom is -0.0329 e. The Balaban J connectivity index is 2.21. The third kappa shape index (κ3) is 2.72. The van der Waals surface area contributed by atoms with Crippen LogP contribution < -0.4 is 0 Å². The second kappa shape index (κ2) is 5.02. The number of hydrogen-bond acceptors (Lipinski definition) is 0. The van der Waals surface area contributed by atoms with Crippen LogP contribution >= 0.6 is 0 Å². The van der Waals surface area contributed by atoms with Crippen molar-refractivity contribution >= 4 is 0 Å². The Bertz CT molecular complexity index is 139. The first-order valence-corrected chi connectivity index (χ1v) is 6.22. The highest BCUT2D eigenvalue weighted by Crippen LogP contribution is 2.54. The minimum Gasteiger partial charge on any atom is -0.0654 e. The van der Waals surface area contributed by atoms with Crippen LogP contribution in [0.2, 0.25) is 0 Å². The second-order valence-corrected chi connectivity index (χ2v) is 5.01. The van der Waals surface area contributed by atoms with Crippen LogP contribution in [-0.4, -0.2) is 0 Å². The highest BCUT2D eigenvalue weighted by Gasteiger charge is 2.47. The molecule has 0 amide bonds. The zero-order valence-corrected chi connectivity index (χ0v) is 9.84. The fourth-order valence-electron chi connectivity index (χ4n) is 3.03. The minimum absolute atomic E-state index is 0.992. The van der Waals surface area contributed by atoms with Gasteiger partial charge in [-0.1, -0.05) is 59.8 Å². The third-order valence-electron chi connectivity index (χ3n) is 3.93. The van der Waals surface area contributed by atoms with E-state index >= 15 is 0 Å². The second-order valence-electron chi connectivity index (χ2n) is 5.01. The van der Waals surface area contributed by atoms with Crippen LogP contribution in [0.15, 0.2) is 0 Å². The van der Waals surface area contributed by atoms with E-state index in [1.807, 2.05) is 0 Å². The molecular weight excluding hydrogens is 156 g/mol. The Labute approximate surface area is 84.1 Å². The van der Waals surface area contributed by atoms with Gasteiger partial charge in [-0.15, -0.1) is 0 Å². The van der Waals surface area contributed by atoms with E-state index < -0.39 is 0 Å². The summed E-state index contributed by atoms with van der Waals surface area (Å²) in [6.45, 7) is 9.53. The largest absolute Gasteiger partial charge is 0.0654 e. The topological polar surface area (TPSA) is 0 Å². The zero-order valence-electron chi connectivity index (χ0n) is 9.84. The molecule has 0 N–H and O–H groups in total. The lowest BCUT2D eigenvalue weighted by Crippen LogP contribution is -1.99. The predicted octanol–water partition coefficient (Wildman–Crippen LogP) is 4.49. The van der Waals surface area contributed by atoms with Crippen molar-refractivity contribution in [3.63, 3.8) is 0 Å². The lowest BCUT2D eigenvalue weighted by Gasteiger charge is -2.09. The molecular formula is C13H26. The maximum atomic E-state index is 2.46. The van der Waals surface area contributed by atoms with Crippen molar-refractivity contribution in [1.29, 1.82) is 0 Å². The van der Waals surface area contributed by atoms with Gasteiger partial charge in [0.25, 0.3) is 0 Å². The summed E-state index contributed by atoms with van der Waals surface area (Å²) in [7, 11) is 0. The highest BCUT2D eigenvalue weighted by molar-refractivity contribution is 4.96. The van der Waals surface area contributed by atoms with Crippen LogP contribution in [0.4, 0.5) is 0 Å². The van der Waals surface area contributed by atoms with E-state index in [-0.39, 0.29) is 0 Å². The Hall–Kier alpha value is 0. The van der Waals surface area contributed by atoms with Crippen molar-refractivity contribution in [2.24, 2.45) is 23.7 Å². The molecule has 4 unspecified atom stereocenters. The van der Waals surface area contributed by atoms with Crippen LogP contribution in [0.25, 0.3) is 0 Å². The smallest absolute Gasteiger partial charge is 0.0329 e. The molecule has 0 nitrogen and oxygen atoms in total. The van der Waals surface area contributed by atoms with E-state index in [2.05, 4.69) is 27.7 Å². The van der Waals surface area contributed by atoms with Gasteiger partial charge in [-0.3, -0.25) is 0 Å². The molecule has 1 aliphatic carbocycles. The Kier molecular flexibility index (Phi) is 4.28. The first-order valence-electron chi connectivity index (χ1n) is 6.22. The molecule has 0 aliphatic heterocycles. The van der Waals surface area contributed by atoms with Gasteiger partial charge in [-0.05, 0) is 23.7 Å². The first kappa shape index (κ1) is 11.1. The third-order valence-corrected chi connectivity index (χ3v) is 3.93. The van der Waals surface area contributed by atoms with Crippen LogP contribution in [0, 0.1) is 23.7 Å². The van der Waals surface area contributed by atoms with E-state index in [4.69, 9.17) is 0 Å². The molecule has 0 aromatic rings.